The van der Waals surface area contributed by atoms with Gasteiger partial charge in [-0.2, -0.15) is 13.2 Å². The number of pyridine rings is 1. The van der Waals surface area contributed by atoms with Crippen LogP contribution in [0, 0.1) is 0 Å². The topological polar surface area (TPSA) is 50.7 Å². The average Bonchev–Trinajstić information content (AvgIpc) is 2.45. The van der Waals surface area contributed by atoms with E-state index in [4.69, 9.17) is 0 Å². The Bertz CT molecular complexity index is 585. The maximum atomic E-state index is 12.9. The number of halogens is 3. The predicted molar refractivity (Wildman–Crippen MR) is 72.9 cm³/mol. The third-order valence-corrected chi connectivity index (χ3v) is 2.69. The summed E-state index contributed by atoms with van der Waals surface area (Å²) in [5.41, 5.74) is 0.00225. The number of hydrogen-bond donors (Lipinski definition) is 1. The van der Waals surface area contributed by atoms with Gasteiger partial charge in [0, 0.05) is 24.9 Å². The molecule has 0 bridgehead atoms. The molecule has 4 nitrogen and oxygen atoms in total. The van der Waals surface area contributed by atoms with Gasteiger partial charge in [-0.05, 0) is 24.6 Å². The van der Waals surface area contributed by atoms with Crippen LogP contribution in [0.25, 0.3) is 0 Å². The minimum atomic E-state index is -4.50. The number of nitrogens with zero attached hydrogens (tertiary/aromatic N) is 3. The SMILES string of the molecule is CCCNc1nc(Cc2ccccn2)cc(C(F)(F)F)n1. The summed E-state index contributed by atoms with van der Waals surface area (Å²) >= 11 is 0. The van der Waals surface area contributed by atoms with Crippen molar-refractivity contribution in [3.05, 3.63) is 47.5 Å². The summed E-state index contributed by atoms with van der Waals surface area (Å²) in [4.78, 5) is 11.7. The van der Waals surface area contributed by atoms with Gasteiger partial charge in [-0.15, -0.1) is 0 Å². The molecule has 0 aromatic carbocycles. The highest BCUT2D eigenvalue weighted by molar-refractivity contribution is 5.31. The minimum absolute atomic E-state index is 0.00222. The molecule has 0 unspecified atom stereocenters. The van der Waals surface area contributed by atoms with Crippen molar-refractivity contribution in [2.24, 2.45) is 0 Å². The lowest BCUT2D eigenvalue weighted by atomic mass is 10.2. The molecule has 7 heteroatoms. The van der Waals surface area contributed by atoms with Gasteiger partial charge in [-0.25, -0.2) is 9.97 Å². The van der Waals surface area contributed by atoms with E-state index in [2.05, 4.69) is 20.3 Å². The van der Waals surface area contributed by atoms with E-state index < -0.39 is 11.9 Å². The summed E-state index contributed by atoms with van der Waals surface area (Å²) in [6, 6.07) is 6.24. The fraction of sp³-hybridized carbons (Fsp3) is 0.357. The van der Waals surface area contributed by atoms with Crippen LogP contribution in [-0.4, -0.2) is 21.5 Å². The van der Waals surface area contributed by atoms with Crippen molar-refractivity contribution in [1.29, 1.82) is 0 Å². The third kappa shape index (κ3) is 4.40. The Labute approximate surface area is 120 Å². The summed E-state index contributed by atoms with van der Waals surface area (Å²) in [6.45, 7) is 2.43. The second kappa shape index (κ2) is 6.51. The third-order valence-electron chi connectivity index (χ3n) is 2.69. The quantitative estimate of drug-likeness (QED) is 0.919. The standard InChI is InChI=1S/C14H15F3N4/c1-2-6-19-13-20-11(8-10-5-3-4-7-18-10)9-12(21-13)14(15,16)17/h3-5,7,9H,2,6,8H2,1H3,(H,19,20,21). The molecule has 0 fully saturated rings. The lowest BCUT2D eigenvalue weighted by Crippen LogP contribution is -2.14. The maximum Gasteiger partial charge on any atom is 0.433 e. The number of aromatic nitrogens is 3. The van der Waals surface area contributed by atoms with E-state index in [0.29, 0.717) is 12.2 Å². The first-order valence-corrected chi connectivity index (χ1v) is 6.58. The maximum absolute atomic E-state index is 12.9. The molecule has 1 N–H and O–H groups in total. The highest BCUT2D eigenvalue weighted by atomic mass is 19.4. The number of nitrogens with one attached hydrogen (secondary N) is 1. The molecule has 0 spiro atoms. The van der Waals surface area contributed by atoms with Crippen LogP contribution in [0.2, 0.25) is 0 Å². The monoisotopic (exact) mass is 296 g/mol. The molecule has 0 saturated carbocycles. The van der Waals surface area contributed by atoms with Crippen LogP contribution in [0.3, 0.4) is 0 Å². The van der Waals surface area contributed by atoms with Crippen LogP contribution in [0.5, 0.6) is 0 Å². The Hall–Kier alpha value is -2.18. The van der Waals surface area contributed by atoms with Gasteiger partial charge in [0.15, 0.2) is 0 Å². The van der Waals surface area contributed by atoms with Crippen LogP contribution in [0.4, 0.5) is 19.1 Å². The number of rotatable bonds is 5. The molecule has 2 rings (SSSR count). The van der Waals surface area contributed by atoms with E-state index in [0.717, 1.165) is 12.5 Å². The van der Waals surface area contributed by atoms with Crippen LogP contribution in [0.15, 0.2) is 30.5 Å². The van der Waals surface area contributed by atoms with Crippen molar-refractivity contribution in [1.82, 2.24) is 15.0 Å². The van der Waals surface area contributed by atoms with Gasteiger partial charge in [0.05, 0.1) is 5.69 Å². The molecule has 0 radical (unpaired) electrons. The fourth-order valence-corrected chi connectivity index (χ4v) is 1.74. The fourth-order valence-electron chi connectivity index (χ4n) is 1.74. The van der Waals surface area contributed by atoms with Crippen molar-refractivity contribution in [3.63, 3.8) is 0 Å². The Kier molecular flexibility index (Phi) is 4.72. The zero-order valence-electron chi connectivity index (χ0n) is 11.5. The van der Waals surface area contributed by atoms with E-state index >= 15 is 0 Å². The molecule has 2 heterocycles. The van der Waals surface area contributed by atoms with Crippen molar-refractivity contribution < 1.29 is 13.2 Å². The first-order valence-electron chi connectivity index (χ1n) is 6.58. The van der Waals surface area contributed by atoms with Crippen LogP contribution in [0.1, 0.15) is 30.4 Å². The molecule has 0 atom stereocenters. The second-order valence-corrected chi connectivity index (χ2v) is 4.49. The average molecular weight is 296 g/mol. The zero-order valence-corrected chi connectivity index (χ0v) is 11.5. The molecule has 112 valence electrons. The largest absolute Gasteiger partial charge is 0.433 e. The first-order chi connectivity index (χ1) is 9.99. The molecule has 0 aliphatic rings. The summed E-state index contributed by atoms with van der Waals surface area (Å²) in [6.07, 6.45) is -1.90. The van der Waals surface area contributed by atoms with E-state index in [-0.39, 0.29) is 18.1 Å². The molecule has 0 saturated heterocycles. The second-order valence-electron chi connectivity index (χ2n) is 4.49. The molecule has 21 heavy (non-hydrogen) atoms. The Morgan fingerprint density at radius 2 is 1.95 bits per heavy atom. The Balaban J connectivity index is 2.30. The lowest BCUT2D eigenvalue weighted by Gasteiger charge is -2.11. The van der Waals surface area contributed by atoms with Crippen LogP contribution < -0.4 is 5.32 Å². The Morgan fingerprint density at radius 3 is 2.57 bits per heavy atom. The van der Waals surface area contributed by atoms with E-state index in [1.165, 1.54) is 0 Å². The zero-order chi connectivity index (χ0) is 15.3. The summed E-state index contributed by atoms with van der Waals surface area (Å²) in [5.74, 6) is -0.00222. The van der Waals surface area contributed by atoms with Crippen molar-refractivity contribution in [2.45, 2.75) is 25.9 Å². The molecule has 0 aliphatic carbocycles. The normalized spacial score (nSPS) is 11.4. The molecular formula is C14H15F3N4. The first kappa shape index (κ1) is 15.2. The van der Waals surface area contributed by atoms with E-state index in [9.17, 15) is 13.2 Å². The van der Waals surface area contributed by atoms with Gasteiger partial charge in [-0.1, -0.05) is 13.0 Å². The predicted octanol–water partition coefficient (Wildman–Crippen LogP) is 3.30. The van der Waals surface area contributed by atoms with Crippen LogP contribution >= 0.6 is 0 Å². The smallest absolute Gasteiger partial charge is 0.354 e. The molecule has 2 aromatic heterocycles. The van der Waals surface area contributed by atoms with Crippen molar-refractivity contribution in [2.75, 3.05) is 11.9 Å². The molecule has 0 amide bonds. The van der Waals surface area contributed by atoms with E-state index in [1.54, 1.807) is 24.4 Å². The number of anilines is 1. The van der Waals surface area contributed by atoms with Gasteiger partial charge in [0.1, 0.15) is 5.69 Å². The van der Waals surface area contributed by atoms with Gasteiger partial charge in [0.2, 0.25) is 5.95 Å². The molecule has 2 aromatic rings. The van der Waals surface area contributed by atoms with Crippen molar-refractivity contribution in [3.8, 4) is 0 Å². The number of hydrogen-bond acceptors (Lipinski definition) is 4. The molecular weight excluding hydrogens is 281 g/mol. The van der Waals surface area contributed by atoms with Gasteiger partial charge in [0.25, 0.3) is 0 Å². The summed E-state index contributed by atoms with van der Waals surface area (Å²) in [5, 5.41) is 2.79. The van der Waals surface area contributed by atoms with Gasteiger partial charge in [-0.3, -0.25) is 4.98 Å². The van der Waals surface area contributed by atoms with Gasteiger partial charge < -0.3 is 5.32 Å². The van der Waals surface area contributed by atoms with Crippen molar-refractivity contribution >= 4 is 5.95 Å². The molecule has 0 aliphatic heterocycles. The number of alkyl halides is 3. The Morgan fingerprint density at radius 1 is 1.14 bits per heavy atom. The highest BCUT2D eigenvalue weighted by Gasteiger charge is 2.33. The highest BCUT2D eigenvalue weighted by Crippen LogP contribution is 2.28. The van der Waals surface area contributed by atoms with E-state index in [1.807, 2.05) is 6.92 Å². The summed E-state index contributed by atoms with van der Waals surface area (Å²) in [7, 11) is 0. The minimum Gasteiger partial charge on any atom is -0.354 e. The van der Waals surface area contributed by atoms with Gasteiger partial charge >= 0.3 is 6.18 Å². The lowest BCUT2D eigenvalue weighted by molar-refractivity contribution is -0.141. The summed E-state index contributed by atoms with van der Waals surface area (Å²) < 4.78 is 38.6. The van der Waals surface area contributed by atoms with Crippen LogP contribution in [-0.2, 0) is 12.6 Å².